The molecule has 0 aliphatic heterocycles. The number of nitrogens with one attached hydrogen (secondary N) is 1. The lowest BCUT2D eigenvalue weighted by atomic mass is 9.74. The van der Waals surface area contributed by atoms with Crippen LogP contribution in [0.3, 0.4) is 0 Å². The molecule has 8 nitrogen and oxygen atoms in total. The second kappa shape index (κ2) is 12.2. The van der Waals surface area contributed by atoms with Gasteiger partial charge in [-0.25, -0.2) is 9.97 Å². The fourth-order valence-corrected chi connectivity index (χ4v) is 5.85. The second-order valence-corrected chi connectivity index (χ2v) is 11.0. The highest BCUT2D eigenvalue weighted by atomic mass is 32.1. The van der Waals surface area contributed by atoms with Crippen LogP contribution in [0.2, 0.25) is 0 Å². The number of methoxy groups -OCH3 is 1. The zero-order valence-electron chi connectivity index (χ0n) is 22.3. The summed E-state index contributed by atoms with van der Waals surface area (Å²) in [6.45, 7) is 6.35. The van der Waals surface area contributed by atoms with Crippen molar-refractivity contribution in [3.63, 3.8) is 0 Å². The summed E-state index contributed by atoms with van der Waals surface area (Å²) >= 11 is 1.46. The minimum atomic E-state index is -1.09. The maximum Gasteiger partial charge on any atom is 0.308 e. The number of carbonyl (C=O) groups is 1. The van der Waals surface area contributed by atoms with Gasteiger partial charge in [0.05, 0.1) is 30.7 Å². The third kappa shape index (κ3) is 6.47. The lowest BCUT2D eigenvalue weighted by Crippen LogP contribution is -2.36. The van der Waals surface area contributed by atoms with Crippen molar-refractivity contribution in [3.8, 4) is 16.3 Å². The maximum absolute atomic E-state index is 13.7. The fourth-order valence-electron chi connectivity index (χ4n) is 4.82. The van der Waals surface area contributed by atoms with Crippen LogP contribution in [0.15, 0.2) is 30.6 Å². The van der Waals surface area contributed by atoms with Gasteiger partial charge in [-0.05, 0) is 75.1 Å². The van der Waals surface area contributed by atoms with Gasteiger partial charge >= 0.3 is 5.97 Å². The maximum atomic E-state index is 13.7. The Labute approximate surface area is 226 Å². The number of benzene rings is 1. The molecule has 0 amide bonds. The molecule has 38 heavy (non-hydrogen) atoms. The Balaban J connectivity index is 1.45. The second-order valence-electron chi connectivity index (χ2n) is 10.0. The summed E-state index contributed by atoms with van der Waals surface area (Å²) in [5.74, 6) is -0.727. The Kier molecular flexibility index (Phi) is 8.94. The number of anilines is 2. The molecule has 2 aromatic heterocycles. The SMILES string of the molecule is CCCCOC(=O)C1CCC(C(C)(O)c2ncc(-c3cc(C)cc(Nc4ncc(F)c(OC)n4)c3)s2)CC1. The van der Waals surface area contributed by atoms with E-state index < -0.39 is 11.4 Å². The van der Waals surface area contributed by atoms with Gasteiger partial charge in [-0.3, -0.25) is 4.79 Å². The summed E-state index contributed by atoms with van der Waals surface area (Å²) in [5.41, 5.74) is 1.58. The van der Waals surface area contributed by atoms with Crippen molar-refractivity contribution in [2.45, 2.75) is 64.9 Å². The van der Waals surface area contributed by atoms with Crippen LogP contribution in [-0.4, -0.2) is 39.7 Å². The number of ether oxygens (including phenoxy) is 2. The molecular formula is C28H35FN4O4S. The lowest BCUT2D eigenvalue weighted by molar-refractivity contribution is -0.151. The number of esters is 1. The zero-order chi connectivity index (χ0) is 27.3. The van der Waals surface area contributed by atoms with Crippen LogP contribution < -0.4 is 10.1 Å². The van der Waals surface area contributed by atoms with Crippen molar-refractivity contribution in [3.05, 3.63) is 47.0 Å². The van der Waals surface area contributed by atoms with Gasteiger partial charge in [0.15, 0.2) is 0 Å². The van der Waals surface area contributed by atoms with Crippen LogP contribution in [0.4, 0.5) is 16.0 Å². The molecule has 1 atom stereocenters. The van der Waals surface area contributed by atoms with Crippen LogP contribution in [0, 0.1) is 24.6 Å². The molecule has 0 saturated heterocycles. The van der Waals surface area contributed by atoms with Crippen molar-refractivity contribution < 1.29 is 23.8 Å². The summed E-state index contributed by atoms with van der Waals surface area (Å²) < 4.78 is 24.0. The number of nitrogens with zero attached hydrogens (tertiary/aromatic N) is 3. The average Bonchev–Trinajstić information content (AvgIpc) is 3.41. The molecule has 1 aliphatic carbocycles. The van der Waals surface area contributed by atoms with Gasteiger partial charge < -0.3 is 19.9 Å². The van der Waals surface area contributed by atoms with Crippen LogP contribution in [0.25, 0.3) is 10.4 Å². The predicted octanol–water partition coefficient (Wildman–Crippen LogP) is 6.16. The number of aliphatic hydroxyl groups is 1. The summed E-state index contributed by atoms with van der Waals surface area (Å²) in [5, 5.41) is 15.3. The van der Waals surface area contributed by atoms with Crippen LogP contribution in [0.1, 0.15) is 62.9 Å². The number of aromatic nitrogens is 3. The van der Waals surface area contributed by atoms with Crippen molar-refractivity contribution >= 4 is 28.9 Å². The van der Waals surface area contributed by atoms with E-state index >= 15 is 0 Å². The summed E-state index contributed by atoms with van der Waals surface area (Å²) in [4.78, 5) is 25.9. The number of halogens is 1. The van der Waals surface area contributed by atoms with E-state index in [1.165, 1.54) is 18.4 Å². The first-order valence-corrected chi connectivity index (χ1v) is 13.8. The largest absolute Gasteiger partial charge is 0.479 e. The molecule has 0 spiro atoms. The van der Waals surface area contributed by atoms with Crippen LogP contribution in [-0.2, 0) is 15.1 Å². The third-order valence-electron chi connectivity index (χ3n) is 7.06. The molecule has 1 unspecified atom stereocenters. The van der Waals surface area contributed by atoms with E-state index in [0.29, 0.717) is 24.5 Å². The molecule has 204 valence electrons. The molecule has 3 aromatic rings. The molecule has 1 fully saturated rings. The Hall–Kier alpha value is -3.11. The van der Waals surface area contributed by atoms with E-state index in [9.17, 15) is 14.3 Å². The molecule has 0 radical (unpaired) electrons. The predicted molar refractivity (Wildman–Crippen MR) is 145 cm³/mol. The normalized spacial score (nSPS) is 19.0. The van der Waals surface area contributed by atoms with Crippen molar-refractivity contribution in [2.75, 3.05) is 19.0 Å². The zero-order valence-corrected chi connectivity index (χ0v) is 23.1. The lowest BCUT2D eigenvalue weighted by Gasteiger charge is -2.36. The highest BCUT2D eigenvalue weighted by molar-refractivity contribution is 7.15. The molecule has 2 heterocycles. The molecule has 1 aliphatic rings. The van der Waals surface area contributed by atoms with Crippen molar-refractivity contribution in [1.82, 2.24) is 15.0 Å². The monoisotopic (exact) mass is 542 g/mol. The first kappa shape index (κ1) is 27.9. The number of hydrogen-bond donors (Lipinski definition) is 2. The summed E-state index contributed by atoms with van der Waals surface area (Å²) in [6, 6.07) is 5.92. The molecule has 0 bridgehead atoms. The van der Waals surface area contributed by atoms with Gasteiger partial charge in [-0.2, -0.15) is 9.37 Å². The summed E-state index contributed by atoms with van der Waals surface area (Å²) in [7, 11) is 1.35. The number of aryl methyl sites for hydroxylation is 1. The van der Waals surface area contributed by atoms with E-state index in [1.807, 2.05) is 32.0 Å². The minimum Gasteiger partial charge on any atom is -0.479 e. The van der Waals surface area contributed by atoms with Gasteiger partial charge in [-0.1, -0.05) is 19.4 Å². The van der Waals surface area contributed by atoms with E-state index in [-0.39, 0.29) is 29.6 Å². The highest BCUT2D eigenvalue weighted by Gasteiger charge is 2.40. The standard InChI is InChI=1S/C28H35FN4O4S/c1-5-6-11-37-25(34)18-7-9-20(10-8-18)28(3,35)26-30-16-23(38-26)19-12-17(2)13-21(14-19)32-27-31-15-22(29)24(33-27)36-4/h12-16,18,20,35H,5-11H2,1-4H3,(H,31,32,33). The third-order valence-corrected chi connectivity index (χ3v) is 8.33. The quantitative estimate of drug-likeness (QED) is 0.232. The Morgan fingerprint density at radius 1 is 1.21 bits per heavy atom. The average molecular weight is 543 g/mol. The number of hydrogen-bond acceptors (Lipinski definition) is 9. The topological polar surface area (TPSA) is 106 Å². The van der Waals surface area contributed by atoms with Crippen LogP contribution >= 0.6 is 11.3 Å². The molecule has 4 rings (SSSR count). The number of thiazole rings is 1. The first-order valence-electron chi connectivity index (χ1n) is 13.0. The first-order chi connectivity index (χ1) is 18.2. The minimum absolute atomic E-state index is 0.0153. The smallest absolute Gasteiger partial charge is 0.308 e. The van der Waals surface area contributed by atoms with Gasteiger partial charge in [0.2, 0.25) is 11.8 Å². The number of carbonyl (C=O) groups excluding carboxylic acids is 1. The van der Waals surface area contributed by atoms with Gasteiger partial charge in [0, 0.05) is 11.9 Å². The molecule has 1 aromatic carbocycles. The van der Waals surface area contributed by atoms with Gasteiger partial charge in [0.25, 0.3) is 5.88 Å². The fraction of sp³-hybridized carbons (Fsp3) is 0.500. The van der Waals surface area contributed by atoms with E-state index in [2.05, 4.69) is 27.2 Å². The molecule has 2 N–H and O–H groups in total. The van der Waals surface area contributed by atoms with E-state index in [0.717, 1.165) is 53.6 Å². The Morgan fingerprint density at radius 3 is 2.68 bits per heavy atom. The van der Waals surface area contributed by atoms with Crippen LogP contribution in [0.5, 0.6) is 5.88 Å². The Bertz CT molecular complexity index is 1260. The Morgan fingerprint density at radius 2 is 1.97 bits per heavy atom. The van der Waals surface area contributed by atoms with Gasteiger partial charge in [-0.15, -0.1) is 11.3 Å². The number of unbranched alkanes of at least 4 members (excludes halogenated alkanes) is 1. The number of rotatable bonds is 10. The highest BCUT2D eigenvalue weighted by Crippen LogP contribution is 2.43. The molecular weight excluding hydrogens is 507 g/mol. The van der Waals surface area contributed by atoms with E-state index in [1.54, 1.807) is 6.20 Å². The van der Waals surface area contributed by atoms with Crippen molar-refractivity contribution in [2.24, 2.45) is 11.8 Å². The van der Waals surface area contributed by atoms with Gasteiger partial charge in [0.1, 0.15) is 10.6 Å². The van der Waals surface area contributed by atoms with E-state index in [4.69, 9.17) is 9.47 Å². The summed E-state index contributed by atoms with van der Waals surface area (Å²) in [6.07, 6.45) is 7.64. The molecule has 1 saturated carbocycles. The van der Waals surface area contributed by atoms with Crippen molar-refractivity contribution in [1.29, 1.82) is 0 Å². The molecule has 10 heteroatoms.